The van der Waals surface area contributed by atoms with Crippen LogP contribution in [0, 0.1) is 11.7 Å². The topological polar surface area (TPSA) is 84.1 Å². The molecule has 1 aromatic heterocycles. The van der Waals surface area contributed by atoms with Crippen LogP contribution in [0.15, 0.2) is 18.2 Å². The molecule has 1 aliphatic carbocycles. The summed E-state index contributed by atoms with van der Waals surface area (Å²) in [4.78, 5) is 7.32. The van der Waals surface area contributed by atoms with Crippen LogP contribution >= 0.6 is 0 Å². The van der Waals surface area contributed by atoms with Crippen LogP contribution in [0.4, 0.5) is 4.39 Å². The number of hydrogen-bond acceptors (Lipinski definition) is 4. The largest absolute Gasteiger partial charge is 0.461 e. The van der Waals surface area contributed by atoms with Crippen molar-refractivity contribution < 1.29 is 17.5 Å². The first-order chi connectivity index (χ1) is 12.1. The Labute approximate surface area is 153 Å². The maximum atomic E-state index is 13.2. The number of hydrogen-bond donors (Lipinski definition) is 2. The van der Waals surface area contributed by atoms with Crippen molar-refractivity contribution in [3.63, 3.8) is 0 Å². The smallest absolute Gasteiger partial charge is 0.294 e. The van der Waals surface area contributed by atoms with Gasteiger partial charge in [0, 0.05) is 6.54 Å². The third-order valence-corrected chi connectivity index (χ3v) is 7.02. The fraction of sp³-hybridized carbons (Fsp3) is 0.611. The monoisotopic (exact) mass is 383 g/mol. The number of ether oxygens (including phenoxy) is 1. The molecule has 0 spiro atoms. The van der Waals surface area contributed by atoms with Gasteiger partial charge in [-0.05, 0) is 70.6 Å². The van der Waals surface area contributed by atoms with Crippen LogP contribution in [0.5, 0.6) is 6.01 Å². The quantitative estimate of drug-likeness (QED) is 0.829. The van der Waals surface area contributed by atoms with Gasteiger partial charge < -0.3 is 9.72 Å². The van der Waals surface area contributed by atoms with Gasteiger partial charge in [0.15, 0.2) is 0 Å². The van der Waals surface area contributed by atoms with Gasteiger partial charge in [0.05, 0.1) is 15.8 Å². The molecule has 1 aliphatic rings. The fourth-order valence-corrected chi connectivity index (χ4v) is 3.96. The second kappa shape index (κ2) is 7.15. The molecule has 3 rings (SSSR count). The number of H-pyrrole nitrogens is 1. The average molecular weight is 383 g/mol. The zero-order chi connectivity index (χ0) is 18.9. The van der Waals surface area contributed by atoms with E-state index in [9.17, 15) is 12.8 Å². The predicted octanol–water partition coefficient (Wildman–Crippen LogP) is 3.36. The third kappa shape index (κ3) is 4.35. The normalized spacial score (nSPS) is 21.8. The van der Waals surface area contributed by atoms with Crippen molar-refractivity contribution in [3.05, 3.63) is 24.0 Å². The minimum absolute atomic E-state index is 0.0379. The van der Waals surface area contributed by atoms with Gasteiger partial charge in [0.1, 0.15) is 11.9 Å². The molecule has 1 heterocycles. The zero-order valence-corrected chi connectivity index (χ0v) is 16.2. The fourth-order valence-electron chi connectivity index (χ4n) is 3.07. The van der Waals surface area contributed by atoms with Gasteiger partial charge in [-0.25, -0.2) is 17.5 Å². The minimum atomic E-state index is -3.30. The van der Waals surface area contributed by atoms with E-state index in [4.69, 9.17) is 4.74 Å². The molecule has 0 atom stereocenters. The summed E-state index contributed by atoms with van der Waals surface area (Å²) in [6.07, 6.45) is 3.51. The zero-order valence-electron chi connectivity index (χ0n) is 15.4. The number of halogens is 1. The molecule has 6 nitrogen and oxygen atoms in total. The van der Waals surface area contributed by atoms with Gasteiger partial charge in [0.2, 0.25) is 10.0 Å². The van der Waals surface area contributed by atoms with Crippen LogP contribution in [0.1, 0.15) is 46.5 Å². The van der Waals surface area contributed by atoms with E-state index in [1.807, 2.05) is 0 Å². The van der Waals surface area contributed by atoms with Crippen molar-refractivity contribution in [1.82, 2.24) is 14.7 Å². The lowest BCUT2D eigenvalue weighted by molar-refractivity contribution is 0.122. The van der Waals surface area contributed by atoms with Gasteiger partial charge in [-0.3, -0.25) is 0 Å². The number of imidazole rings is 1. The number of rotatable bonds is 5. The third-order valence-electron chi connectivity index (χ3n) is 4.86. The van der Waals surface area contributed by atoms with Gasteiger partial charge in [-0.1, -0.05) is 0 Å². The predicted molar refractivity (Wildman–Crippen MR) is 99.1 cm³/mol. The van der Waals surface area contributed by atoms with Crippen LogP contribution in [0.25, 0.3) is 11.0 Å². The molecular weight excluding hydrogens is 357 g/mol. The lowest BCUT2D eigenvalue weighted by Crippen LogP contribution is -2.42. The first-order valence-corrected chi connectivity index (χ1v) is 10.4. The highest BCUT2D eigenvalue weighted by Crippen LogP contribution is 2.28. The number of nitrogens with zero attached hydrogens (tertiary/aromatic N) is 1. The van der Waals surface area contributed by atoms with E-state index in [1.165, 1.54) is 12.1 Å². The lowest BCUT2D eigenvalue weighted by Gasteiger charge is -2.29. The van der Waals surface area contributed by atoms with Gasteiger partial charge in [-0.15, -0.1) is 0 Å². The Kier molecular flexibility index (Phi) is 5.25. The minimum Gasteiger partial charge on any atom is -0.461 e. The maximum absolute atomic E-state index is 13.2. The Bertz CT molecular complexity index is 865. The Morgan fingerprint density at radius 2 is 1.96 bits per heavy atom. The van der Waals surface area contributed by atoms with Crippen molar-refractivity contribution in [1.29, 1.82) is 0 Å². The van der Waals surface area contributed by atoms with E-state index in [1.54, 1.807) is 26.8 Å². The van der Waals surface area contributed by atoms with Crippen LogP contribution in [-0.2, 0) is 10.0 Å². The summed E-state index contributed by atoms with van der Waals surface area (Å²) in [5.41, 5.74) is 1.29. The maximum Gasteiger partial charge on any atom is 0.294 e. The summed E-state index contributed by atoms with van der Waals surface area (Å²) in [5, 5.41) is 0. The number of nitrogens with one attached hydrogen (secondary N) is 2. The standard InChI is InChI=1S/C18H26FN3O3S/c1-18(2,3)26(23,24)20-11-12-4-7-14(8-5-12)25-17-21-15-9-6-13(19)10-16(15)22-17/h6,9-10,12,14,20H,4-5,7-8,11H2,1-3H3,(H,21,22). The molecule has 2 N–H and O–H groups in total. The molecule has 8 heteroatoms. The second-order valence-corrected chi connectivity index (χ2v) is 10.4. The van der Waals surface area contributed by atoms with Crippen molar-refractivity contribution in [3.8, 4) is 6.01 Å². The number of sulfonamides is 1. The number of aromatic amines is 1. The van der Waals surface area contributed by atoms with Crippen LogP contribution in [-0.4, -0.2) is 35.8 Å². The number of benzene rings is 1. The average Bonchev–Trinajstić information content (AvgIpc) is 2.94. The summed E-state index contributed by atoms with van der Waals surface area (Å²) in [7, 11) is -3.30. The van der Waals surface area contributed by atoms with Gasteiger partial charge in [0.25, 0.3) is 6.01 Å². The molecular formula is C18H26FN3O3S. The van der Waals surface area contributed by atoms with E-state index in [0.717, 1.165) is 25.7 Å². The van der Waals surface area contributed by atoms with E-state index < -0.39 is 14.8 Å². The molecule has 1 aromatic carbocycles. The molecule has 144 valence electrons. The Morgan fingerprint density at radius 3 is 2.62 bits per heavy atom. The van der Waals surface area contributed by atoms with Crippen molar-refractivity contribution in [2.75, 3.05) is 6.54 Å². The van der Waals surface area contributed by atoms with Crippen LogP contribution < -0.4 is 9.46 Å². The van der Waals surface area contributed by atoms with Crippen LogP contribution in [0.3, 0.4) is 0 Å². The highest BCUT2D eigenvalue weighted by atomic mass is 32.2. The van der Waals surface area contributed by atoms with E-state index in [-0.39, 0.29) is 11.9 Å². The molecule has 0 aliphatic heterocycles. The Hall–Kier alpha value is -1.67. The van der Waals surface area contributed by atoms with Crippen molar-refractivity contribution >= 4 is 21.1 Å². The molecule has 0 bridgehead atoms. The summed E-state index contributed by atoms with van der Waals surface area (Å²) in [5.74, 6) is 0.00246. The molecule has 2 aromatic rings. The SMILES string of the molecule is CC(C)(C)S(=O)(=O)NCC1CCC(Oc2nc3ccc(F)cc3[nH]2)CC1. The summed E-state index contributed by atoms with van der Waals surface area (Å²) in [6, 6.07) is 4.79. The van der Waals surface area contributed by atoms with E-state index in [2.05, 4.69) is 14.7 Å². The first-order valence-electron chi connectivity index (χ1n) is 8.95. The molecule has 26 heavy (non-hydrogen) atoms. The highest BCUT2D eigenvalue weighted by Gasteiger charge is 2.30. The second-order valence-electron chi connectivity index (χ2n) is 7.93. The molecule has 0 saturated heterocycles. The number of aromatic nitrogens is 2. The lowest BCUT2D eigenvalue weighted by atomic mass is 9.87. The van der Waals surface area contributed by atoms with Crippen molar-refractivity contribution in [2.24, 2.45) is 5.92 Å². The highest BCUT2D eigenvalue weighted by molar-refractivity contribution is 7.90. The van der Waals surface area contributed by atoms with E-state index in [0.29, 0.717) is 29.5 Å². The molecule has 0 unspecified atom stereocenters. The Balaban J connectivity index is 1.50. The van der Waals surface area contributed by atoms with E-state index >= 15 is 0 Å². The summed E-state index contributed by atoms with van der Waals surface area (Å²) < 4.78 is 45.3. The van der Waals surface area contributed by atoms with Gasteiger partial charge in [-0.2, -0.15) is 4.98 Å². The van der Waals surface area contributed by atoms with Crippen LogP contribution in [0.2, 0.25) is 0 Å². The Morgan fingerprint density at radius 1 is 1.27 bits per heavy atom. The molecule has 0 radical (unpaired) electrons. The summed E-state index contributed by atoms with van der Waals surface area (Å²) >= 11 is 0. The number of fused-ring (bicyclic) bond motifs is 1. The van der Waals surface area contributed by atoms with Crippen molar-refractivity contribution in [2.45, 2.75) is 57.3 Å². The molecule has 0 amide bonds. The molecule has 1 saturated carbocycles. The van der Waals surface area contributed by atoms with Gasteiger partial charge >= 0.3 is 0 Å². The summed E-state index contributed by atoms with van der Waals surface area (Å²) in [6.45, 7) is 5.55. The first kappa shape index (κ1) is 19.1. The molecule has 1 fully saturated rings.